The molecule has 0 aliphatic heterocycles. The molecule has 0 amide bonds. The summed E-state index contributed by atoms with van der Waals surface area (Å²) < 4.78 is 1.76. The second kappa shape index (κ2) is 0.859. The van der Waals surface area contributed by atoms with Gasteiger partial charge in [-0.15, -0.1) is 0 Å². The van der Waals surface area contributed by atoms with E-state index in [1.165, 1.54) is 12.8 Å². The Balaban J connectivity index is 2.60. The molecule has 1 aliphatic carbocycles. The number of hydrogen-bond donors (Lipinski definition) is 0. The molecule has 0 aromatic carbocycles. The van der Waals surface area contributed by atoms with Gasteiger partial charge >= 0.3 is 40.3 Å². The van der Waals surface area contributed by atoms with Crippen LogP contribution < -0.4 is 0 Å². The molecule has 0 nitrogen and oxygen atoms in total. The third-order valence-electron chi connectivity index (χ3n) is 0.500. The Morgan fingerprint density at radius 3 is 1.75 bits per heavy atom. The van der Waals surface area contributed by atoms with Crippen molar-refractivity contribution in [3.05, 3.63) is 0 Å². The molecule has 0 heterocycles. The molecule has 4 heavy (non-hydrogen) atoms. The maximum absolute atomic E-state index is 1.76. The van der Waals surface area contributed by atoms with Crippen LogP contribution in [0.5, 0.6) is 0 Å². The maximum atomic E-state index is 1.76. The average molecular weight is 131 g/mol. The van der Waals surface area contributed by atoms with E-state index in [1.807, 2.05) is 0 Å². The van der Waals surface area contributed by atoms with Crippen LogP contribution >= 0.6 is 0 Å². The van der Waals surface area contributed by atoms with Crippen molar-refractivity contribution < 1.29 is 24.2 Å². The van der Waals surface area contributed by atoms with Crippen LogP contribution in [0.3, 0.4) is 0 Å². The molecule has 1 saturated carbocycles. The van der Waals surface area contributed by atoms with Gasteiger partial charge in [0, 0.05) is 0 Å². The minimum absolute atomic E-state index is 1.44. The molecule has 0 N–H and O–H groups in total. The van der Waals surface area contributed by atoms with Crippen LogP contribution in [0.15, 0.2) is 0 Å². The summed E-state index contributed by atoms with van der Waals surface area (Å²) in [6, 6.07) is 0. The molecule has 0 radical (unpaired) electrons. The van der Waals surface area contributed by atoms with Crippen molar-refractivity contribution in [1.82, 2.24) is 0 Å². The molecule has 1 heteroatoms. The van der Waals surface area contributed by atoms with Gasteiger partial charge in [0.2, 0.25) is 0 Å². The van der Waals surface area contributed by atoms with Crippen LogP contribution in [-0.2, 0) is 24.2 Å². The van der Waals surface area contributed by atoms with E-state index in [0.717, 1.165) is 0 Å². The Morgan fingerprint density at radius 2 is 1.75 bits per heavy atom. The molecule has 1 rings (SSSR count). The molecule has 0 aromatic rings. The van der Waals surface area contributed by atoms with Crippen molar-refractivity contribution in [3.63, 3.8) is 0 Å². The van der Waals surface area contributed by atoms with Gasteiger partial charge in [-0.05, 0) is 0 Å². The van der Waals surface area contributed by atoms with E-state index in [2.05, 4.69) is 0 Å². The zero-order chi connectivity index (χ0) is 2.99. The molecular formula is C3H4Zr+2. The molecule has 0 spiro atoms. The summed E-state index contributed by atoms with van der Waals surface area (Å²) in [6.45, 7) is 0. The summed E-state index contributed by atoms with van der Waals surface area (Å²) in [5.41, 5.74) is 0. The van der Waals surface area contributed by atoms with Crippen molar-refractivity contribution >= 4 is 3.21 Å². The third-order valence-corrected chi connectivity index (χ3v) is 1.73. The van der Waals surface area contributed by atoms with Gasteiger partial charge in [0.1, 0.15) is 0 Å². The Kier molecular flexibility index (Phi) is 0.637. The third kappa shape index (κ3) is 0.601. The number of rotatable bonds is 0. The fraction of sp³-hybridized carbons (Fsp3) is 0.667. The van der Waals surface area contributed by atoms with Gasteiger partial charge in [-0.2, -0.15) is 0 Å². The van der Waals surface area contributed by atoms with E-state index in [1.54, 1.807) is 27.4 Å². The molecule has 0 bridgehead atoms. The first-order valence-electron chi connectivity index (χ1n) is 1.46. The summed E-state index contributed by atoms with van der Waals surface area (Å²) in [5.74, 6) is 0. The molecule has 0 aromatic heterocycles. The molecule has 1 fully saturated rings. The fourth-order valence-electron chi connectivity index (χ4n) is 0.0625. The summed E-state index contributed by atoms with van der Waals surface area (Å²) in [5, 5.41) is 0. The van der Waals surface area contributed by atoms with Gasteiger partial charge in [0.15, 0.2) is 0 Å². The average Bonchev–Trinajstić information content (AvgIpc) is 1.75. The van der Waals surface area contributed by atoms with Gasteiger partial charge in [-0.1, -0.05) is 0 Å². The van der Waals surface area contributed by atoms with Crippen molar-refractivity contribution in [3.8, 4) is 0 Å². The van der Waals surface area contributed by atoms with E-state index in [9.17, 15) is 0 Å². The monoisotopic (exact) mass is 130 g/mol. The van der Waals surface area contributed by atoms with E-state index < -0.39 is 0 Å². The van der Waals surface area contributed by atoms with Crippen LogP contribution in [0, 0.1) is 0 Å². The van der Waals surface area contributed by atoms with Crippen LogP contribution in [0.25, 0.3) is 0 Å². The summed E-state index contributed by atoms with van der Waals surface area (Å²) in [6.07, 6.45) is 2.89. The molecular weight excluding hydrogens is 127 g/mol. The Hall–Kier alpha value is 0.753. The van der Waals surface area contributed by atoms with Crippen molar-refractivity contribution in [2.75, 3.05) is 0 Å². The van der Waals surface area contributed by atoms with Crippen molar-refractivity contribution in [1.29, 1.82) is 0 Å². The Bertz CT molecular complexity index is 41.2. The van der Waals surface area contributed by atoms with E-state index >= 15 is 0 Å². The summed E-state index contributed by atoms with van der Waals surface area (Å²) in [7, 11) is 0. The van der Waals surface area contributed by atoms with Crippen LogP contribution in [0.2, 0.25) is 0 Å². The normalized spacial score (nSPS) is 22.0. The molecule has 0 saturated heterocycles. The second-order valence-corrected chi connectivity index (χ2v) is 2.84. The van der Waals surface area contributed by atoms with Gasteiger partial charge in [-0.3, -0.25) is 0 Å². The van der Waals surface area contributed by atoms with Crippen molar-refractivity contribution in [2.24, 2.45) is 0 Å². The Morgan fingerprint density at radius 1 is 1.50 bits per heavy atom. The minimum atomic E-state index is 1.44. The van der Waals surface area contributed by atoms with Crippen LogP contribution in [0.1, 0.15) is 12.8 Å². The first-order chi connectivity index (χ1) is 1.89. The molecule has 1 aliphatic rings. The zero-order valence-electron chi connectivity index (χ0n) is 2.41. The van der Waals surface area contributed by atoms with Crippen LogP contribution in [-0.4, -0.2) is 3.21 Å². The number of hydrogen-bond acceptors (Lipinski definition) is 0. The quantitative estimate of drug-likeness (QED) is 0.449. The van der Waals surface area contributed by atoms with E-state index in [-0.39, 0.29) is 0 Å². The summed E-state index contributed by atoms with van der Waals surface area (Å²) >= 11 is 1.66. The standard InChI is InChI=1S/C3H4.Zr/c1-2-3-1;/h1-2H2;/q;+2. The van der Waals surface area contributed by atoms with Gasteiger partial charge < -0.3 is 0 Å². The molecule has 0 atom stereocenters. The predicted molar refractivity (Wildman–Crippen MR) is 14.2 cm³/mol. The fourth-order valence-corrected chi connectivity index (χ4v) is 0.370. The zero-order valence-corrected chi connectivity index (χ0v) is 4.87. The second-order valence-electron chi connectivity index (χ2n) is 1.10. The van der Waals surface area contributed by atoms with Crippen LogP contribution in [0.4, 0.5) is 0 Å². The Labute approximate surface area is 40.5 Å². The van der Waals surface area contributed by atoms with Crippen molar-refractivity contribution in [2.45, 2.75) is 12.8 Å². The summed E-state index contributed by atoms with van der Waals surface area (Å²) in [4.78, 5) is 0. The first-order valence-corrected chi connectivity index (χ1v) is 2.69. The van der Waals surface area contributed by atoms with E-state index in [0.29, 0.717) is 0 Å². The molecule has 0 unspecified atom stereocenters. The van der Waals surface area contributed by atoms with Gasteiger partial charge in [-0.25, -0.2) is 0 Å². The first kappa shape index (κ1) is 2.96. The molecule has 18 valence electrons. The topological polar surface area (TPSA) is 0 Å². The van der Waals surface area contributed by atoms with Gasteiger partial charge in [0.05, 0.1) is 0 Å². The van der Waals surface area contributed by atoms with E-state index in [4.69, 9.17) is 0 Å². The van der Waals surface area contributed by atoms with Gasteiger partial charge in [0.25, 0.3) is 0 Å². The predicted octanol–water partition coefficient (Wildman–Crippen LogP) is 0.499. The SMILES string of the molecule is [Zr+2]=[C]1CC1.